The van der Waals surface area contributed by atoms with Crippen molar-refractivity contribution in [3.8, 4) is 5.88 Å². The normalized spacial score (nSPS) is 16.7. The predicted molar refractivity (Wildman–Crippen MR) is 58.0 cm³/mol. The number of hydrogen-bond acceptors (Lipinski definition) is 5. The van der Waals surface area contributed by atoms with Gasteiger partial charge in [0.2, 0.25) is 11.8 Å². The van der Waals surface area contributed by atoms with Crippen molar-refractivity contribution in [1.82, 2.24) is 9.97 Å². The summed E-state index contributed by atoms with van der Waals surface area (Å²) >= 11 is 0. The molecule has 2 rings (SSSR count). The Morgan fingerprint density at radius 2 is 2.27 bits per heavy atom. The average molecular weight is 208 g/mol. The van der Waals surface area contributed by atoms with Crippen LogP contribution in [0.1, 0.15) is 13.8 Å². The molecule has 0 bridgehead atoms. The molecule has 0 saturated carbocycles. The maximum absolute atomic E-state index is 5.70. The van der Waals surface area contributed by atoms with Gasteiger partial charge < -0.3 is 15.4 Å². The third kappa shape index (κ3) is 2.36. The molecule has 0 atom stereocenters. The number of hydrogen-bond donors (Lipinski definition) is 1. The Bertz CT molecular complexity index is 336. The van der Waals surface area contributed by atoms with Crippen LogP contribution < -0.4 is 15.4 Å². The average Bonchev–Trinajstić information content (AvgIpc) is 2.12. The summed E-state index contributed by atoms with van der Waals surface area (Å²) in [4.78, 5) is 10.5. The molecule has 1 aliphatic heterocycles. The molecular formula is C10H16N4O. The van der Waals surface area contributed by atoms with Crippen molar-refractivity contribution in [1.29, 1.82) is 0 Å². The van der Waals surface area contributed by atoms with Gasteiger partial charge in [-0.25, -0.2) is 4.98 Å². The minimum absolute atomic E-state index is 0.131. The highest BCUT2D eigenvalue weighted by atomic mass is 16.5. The van der Waals surface area contributed by atoms with Crippen LogP contribution in [0.3, 0.4) is 0 Å². The molecule has 0 aromatic carbocycles. The Morgan fingerprint density at radius 1 is 1.53 bits per heavy atom. The molecular weight excluding hydrogens is 192 g/mol. The largest absolute Gasteiger partial charge is 0.475 e. The van der Waals surface area contributed by atoms with E-state index in [1.54, 1.807) is 12.3 Å². The summed E-state index contributed by atoms with van der Waals surface area (Å²) in [5, 5.41) is 0. The minimum Gasteiger partial charge on any atom is -0.475 e. The first-order valence-electron chi connectivity index (χ1n) is 5.15. The summed E-state index contributed by atoms with van der Waals surface area (Å²) in [7, 11) is 0. The second kappa shape index (κ2) is 4.02. The molecule has 0 aliphatic carbocycles. The van der Waals surface area contributed by atoms with E-state index < -0.39 is 0 Å². The Morgan fingerprint density at radius 3 is 2.87 bits per heavy atom. The first-order chi connectivity index (χ1) is 7.15. The third-order valence-electron chi connectivity index (χ3n) is 2.17. The number of nitrogens with zero attached hydrogens (tertiary/aromatic N) is 3. The van der Waals surface area contributed by atoms with E-state index in [9.17, 15) is 0 Å². The second-order valence-corrected chi connectivity index (χ2v) is 4.03. The van der Waals surface area contributed by atoms with Crippen LogP contribution in [0, 0.1) is 0 Å². The van der Waals surface area contributed by atoms with Gasteiger partial charge in [0.05, 0.1) is 6.10 Å². The summed E-state index contributed by atoms with van der Waals surface area (Å²) in [6.07, 6.45) is 1.84. The van der Waals surface area contributed by atoms with E-state index in [1.165, 1.54) is 0 Å². The van der Waals surface area contributed by atoms with E-state index in [0.29, 0.717) is 11.8 Å². The molecule has 1 saturated heterocycles. The van der Waals surface area contributed by atoms with Gasteiger partial charge in [-0.3, -0.25) is 0 Å². The van der Waals surface area contributed by atoms with Gasteiger partial charge in [0.15, 0.2) is 0 Å². The summed E-state index contributed by atoms with van der Waals surface area (Å²) < 4.78 is 5.49. The lowest BCUT2D eigenvalue weighted by atomic mass is 10.1. The van der Waals surface area contributed by atoms with Crippen LogP contribution in [-0.4, -0.2) is 35.2 Å². The van der Waals surface area contributed by atoms with Crippen molar-refractivity contribution in [2.75, 3.05) is 18.0 Å². The molecule has 5 heteroatoms. The highest BCUT2D eigenvalue weighted by molar-refractivity contribution is 5.36. The van der Waals surface area contributed by atoms with Gasteiger partial charge in [-0.15, -0.1) is 0 Å². The third-order valence-corrected chi connectivity index (χ3v) is 2.17. The van der Waals surface area contributed by atoms with Gasteiger partial charge in [0.1, 0.15) is 0 Å². The maximum Gasteiger partial charge on any atom is 0.228 e. The molecule has 2 N–H and O–H groups in total. The molecule has 1 aromatic rings. The lowest BCUT2D eigenvalue weighted by molar-refractivity contribution is 0.232. The number of rotatable bonds is 3. The minimum atomic E-state index is 0.131. The predicted octanol–water partition coefficient (Wildman–Crippen LogP) is 0.411. The van der Waals surface area contributed by atoms with Crippen molar-refractivity contribution >= 4 is 5.95 Å². The van der Waals surface area contributed by atoms with Crippen LogP contribution in [0.25, 0.3) is 0 Å². The van der Waals surface area contributed by atoms with Gasteiger partial charge in [-0.2, -0.15) is 4.98 Å². The molecule has 0 radical (unpaired) electrons. The first kappa shape index (κ1) is 10.2. The van der Waals surface area contributed by atoms with Crippen molar-refractivity contribution in [2.45, 2.75) is 26.0 Å². The Labute approximate surface area is 89.3 Å². The molecule has 0 spiro atoms. The topological polar surface area (TPSA) is 64.3 Å². The fourth-order valence-corrected chi connectivity index (χ4v) is 1.47. The zero-order valence-electron chi connectivity index (χ0n) is 9.05. The fourth-order valence-electron chi connectivity index (χ4n) is 1.47. The molecule has 0 amide bonds. The van der Waals surface area contributed by atoms with Crippen LogP contribution in [-0.2, 0) is 0 Å². The van der Waals surface area contributed by atoms with E-state index in [-0.39, 0.29) is 12.1 Å². The summed E-state index contributed by atoms with van der Waals surface area (Å²) in [5.74, 6) is 1.32. The molecule has 1 aromatic heterocycles. The standard InChI is InChI=1S/C10H16N4O/c1-7(2)15-9-3-4-12-10(13-9)14-5-8(11)6-14/h3-4,7-8H,5-6,11H2,1-2H3. The fraction of sp³-hybridized carbons (Fsp3) is 0.600. The van der Waals surface area contributed by atoms with Crippen molar-refractivity contribution in [2.24, 2.45) is 5.73 Å². The van der Waals surface area contributed by atoms with Crippen molar-refractivity contribution < 1.29 is 4.74 Å². The summed E-state index contributed by atoms with van der Waals surface area (Å²) in [5.41, 5.74) is 5.70. The molecule has 5 nitrogen and oxygen atoms in total. The van der Waals surface area contributed by atoms with E-state index >= 15 is 0 Å². The Hall–Kier alpha value is -1.36. The van der Waals surface area contributed by atoms with Gasteiger partial charge in [-0.05, 0) is 13.8 Å². The van der Waals surface area contributed by atoms with Crippen molar-refractivity contribution in [3.05, 3.63) is 12.3 Å². The Kier molecular flexibility index (Phi) is 2.73. The van der Waals surface area contributed by atoms with Crippen LogP contribution in [0.15, 0.2) is 12.3 Å². The molecule has 82 valence electrons. The number of ether oxygens (including phenoxy) is 1. The molecule has 15 heavy (non-hydrogen) atoms. The van der Waals surface area contributed by atoms with Crippen LogP contribution in [0.2, 0.25) is 0 Å². The number of anilines is 1. The first-order valence-corrected chi connectivity index (χ1v) is 5.15. The second-order valence-electron chi connectivity index (χ2n) is 4.03. The highest BCUT2D eigenvalue weighted by Crippen LogP contribution is 2.17. The quantitative estimate of drug-likeness (QED) is 0.779. The molecule has 0 unspecified atom stereocenters. The lowest BCUT2D eigenvalue weighted by Crippen LogP contribution is -2.56. The van der Waals surface area contributed by atoms with E-state index in [4.69, 9.17) is 10.5 Å². The summed E-state index contributed by atoms with van der Waals surface area (Å²) in [6.45, 7) is 5.60. The maximum atomic E-state index is 5.70. The van der Waals surface area contributed by atoms with Crippen molar-refractivity contribution in [3.63, 3.8) is 0 Å². The zero-order chi connectivity index (χ0) is 10.8. The molecule has 2 heterocycles. The van der Waals surface area contributed by atoms with Crippen LogP contribution >= 0.6 is 0 Å². The monoisotopic (exact) mass is 208 g/mol. The van der Waals surface area contributed by atoms with Crippen LogP contribution in [0.5, 0.6) is 5.88 Å². The van der Waals surface area contributed by atoms with E-state index in [0.717, 1.165) is 13.1 Å². The lowest BCUT2D eigenvalue weighted by Gasteiger charge is -2.36. The summed E-state index contributed by atoms with van der Waals surface area (Å²) in [6, 6.07) is 2.02. The van der Waals surface area contributed by atoms with Gasteiger partial charge in [0.25, 0.3) is 0 Å². The highest BCUT2D eigenvalue weighted by Gasteiger charge is 2.25. The molecule has 1 aliphatic rings. The molecule has 1 fully saturated rings. The van der Waals surface area contributed by atoms with E-state index in [1.807, 2.05) is 18.7 Å². The van der Waals surface area contributed by atoms with Gasteiger partial charge in [-0.1, -0.05) is 0 Å². The van der Waals surface area contributed by atoms with E-state index in [2.05, 4.69) is 9.97 Å². The number of nitrogens with two attached hydrogens (primary N) is 1. The smallest absolute Gasteiger partial charge is 0.228 e. The van der Waals surface area contributed by atoms with Crippen LogP contribution in [0.4, 0.5) is 5.95 Å². The van der Waals surface area contributed by atoms with Gasteiger partial charge in [0, 0.05) is 31.4 Å². The van der Waals surface area contributed by atoms with Gasteiger partial charge >= 0.3 is 0 Å². The zero-order valence-corrected chi connectivity index (χ0v) is 9.05. The Balaban J connectivity index is 2.06. The SMILES string of the molecule is CC(C)Oc1ccnc(N2CC(N)C2)n1. The number of aromatic nitrogens is 2.